The summed E-state index contributed by atoms with van der Waals surface area (Å²) in [5, 5.41) is 11.3. The topological polar surface area (TPSA) is 62.2 Å². The van der Waals surface area contributed by atoms with Crippen molar-refractivity contribution < 1.29 is 18.7 Å². The Morgan fingerprint density at radius 3 is 2.58 bits per heavy atom. The van der Waals surface area contributed by atoms with Crippen LogP contribution in [0.4, 0.5) is 14.6 Å². The maximum absolute atomic E-state index is 13.0. The van der Waals surface area contributed by atoms with E-state index in [1.165, 1.54) is 18.3 Å². The number of nitrogens with zero attached hydrogens (tertiary/aromatic N) is 1. The van der Waals surface area contributed by atoms with E-state index in [4.69, 9.17) is 5.11 Å². The summed E-state index contributed by atoms with van der Waals surface area (Å²) in [5.41, 5.74) is 0.595. The third-order valence-corrected chi connectivity index (χ3v) is 2.43. The highest BCUT2D eigenvalue weighted by molar-refractivity contribution is 6.03. The van der Waals surface area contributed by atoms with E-state index in [0.717, 1.165) is 12.1 Å². The molecule has 0 aliphatic rings. The Hall–Kier alpha value is -2.34. The van der Waals surface area contributed by atoms with E-state index in [-0.39, 0.29) is 18.0 Å². The SMILES string of the molecule is O=C(Nc1ccc(CO)cn1)c1ccc(F)c(F)c1. The van der Waals surface area contributed by atoms with Crippen LogP contribution in [0.5, 0.6) is 0 Å². The van der Waals surface area contributed by atoms with Crippen LogP contribution in [0.25, 0.3) is 0 Å². The molecule has 4 nitrogen and oxygen atoms in total. The summed E-state index contributed by atoms with van der Waals surface area (Å²) >= 11 is 0. The number of rotatable bonds is 3. The normalized spacial score (nSPS) is 10.3. The molecule has 0 spiro atoms. The van der Waals surface area contributed by atoms with Gasteiger partial charge >= 0.3 is 0 Å². The molecule has 0 unspecified atom stereocenters. The summed E-state index contributed by atoms with van der Waals surface area (Å²) in [6, 6.07) is 5.96. The molecular formula is C13H10F2N2O2. The van der Waals surface area contributed by atoms with Crippen LogP contribution in [-0.2, 0) is 6.61 Å². The number of benzene rings is 1. The quantitative estimate of drug-likeness (QED) is 0.892. The van der Waals surface area contributed by atoms with Crippen molar-refractivity contribution in [2.75, 3.05) is 5.32 Å². The van der Waals surface area contributed by atoms with Gasteiger partial charge in [0.25, 0.3) is 5.91 Å². The van der Waals surface area contributed by atoms with Crippen LogP contribution in [0.3, 0.4) is 0 Å². The number of aliphatic hydroxyl groups excluding tert-OH is 1. The van der Waals surface area contributed by atoms with Crippen molar-refractivity contribution in [2.24, 2.45) is 0 Å². The second-order valence-electron chi connectivity index (χ2n) is 3.79. The summed E-state index contributed by atoms with van der Waals surface area (Å²) in [4.78, 5) is 15.6. The second kappa shape index (κ2) is 5.53. The highest BCUT2D eigenvalue weighted by Gasteiger charge is 2.10. The van der Waals surface area contributed by atoms with Gasteiger partial charge in [0, 0.05) is 11.8 Å². The van der Waals surface area contributed by atoms with Crippen molar-refractivity contribution >= 4 is 11.7 Å². The fourth-order valence-electron chi connectivity index (χ4n) is 1.42. The standard InChI is InChI=1S/C13H10F2N2O2/c14-10-3-2-9(5-11(10)15)13(19)17-12-4-1-8(7-18)6-16-12/h1-6,18H,7H2,(H,16,17,19). The highest BCUT2D eigenvalue weighted by atomic mass is 19.2. The zero-order valence-electron chi connectivity index (χ0n) is 9.73. The molecule has 0 aliphatic heterocycles. The lowest BCUT2D eigenvalue weighted by Crippen LogP contribution is -2.13. The monoisotopic (exact) mass is 264 g/mol. The first-order chi connectivity index (χ1) is 9.10. The number of hydrogen-bond donors (Lipinski definition) is 2. The van der Waals surface area contributed by atoms with Crippen LogP contribution >= 0.6 is 0 Å². The number of pyridine rings is 1. The molecule has 1 aromatic heterocycles. The van der Waals surface area contributed by atoms with Crippen molar-refractivity contribution in [2.45, 2.75) is 6.61 Å². The molecule has 0 saturated carbocycles. The number of carbonyl (C=O) groups is 1. The molecular weight excluding hydrogens is 254 g/mol. The largest absolute Gasteiger partial charge is 0.392 e. The fourth-order valence-corrected chi connectivity index (χ4v) is 1.42. The lowest BCUT2D eigenvalue weighted by molar-refractivity contribution is 0.102. The molecule has 6 heteroatoms. The first-order valence-corrected chi connectivity index (χ1v) is 5.42. The molecule has 0 aliphatic carbocycles. The van der Waals surface area contributed by atoms with Gasteiger partial charge in [0.2, 0.25) is 0 Å². The number of anilines is 1. The van der Waals surface area contributed by atoms with E-state index < -0.39 is 17.5 Å². The van der Waals surface area contributed by atoms with Crippen LogP contribution in [0.2, 0.25) is 0 Å². The van der Waals surface area contributed by atoms with Gasteiger partial charge in [-0.2, -0.15) is 0 Å². The molecule has 1 aromatic carbocycles. The van der Waals surface area contributed by atoms with E-state index in [1.54, 1.807) is 6.07 Å². The van der Waals surface area contributed by atoms with E-state index >= 15 is 0 Å². The summed E-state index contributed by atoms with van der Waals surface area (Å²) < 4.78 is 25.7. The lowest BCUT2D eigenvalue weighted by Gasteiger charge is -2.05. The zero-order valence-corrected chi connectivity index (χ0v) is 9.73. The first-order valence-electron chi connectivity index (χ1n) is 5.42. The second-order valence-corrected chi connectivity index (χ2v) is 3.79. The van der Waals surface area contributed by atoms with Gasteiger partial charge in [-0.1, -0.05) is 6.07 Å². The molecule has 0 radical (unpaired) electrons. The number of aliphatic hydroxyl groups is 1. The predicted molar refractivity (Wildman–Crippen MR) is 64.5 cm³/mol. The third kappa shape index (κ3) is 3.11. The van der Waals surface area contributed by atoms with Gasteiger partial charge in [-0.05, 0) is 29.8 Å². The van der Waals surface area contributed by atoms with Gasteiger partial charge in [-0.15, -0.1) is 0 Å². The minimum absolute atomic E-state index is 0.00747. The van der Waals surface area contributed by atoms with Crippen molar-refractivity contribution in [3.8, 4) is 0 Å². The van der Waals surface area contributed by atoms with E-state index in [0.29, 0.717) is 5.56 Å². The Morgan fingerprint density at radius 1 is 1.21 bits per heavy atom. The Morgan fingerprint density at radius 2 is 2.00 bits per heavy atom. The van der Waals surface area contributed by atoms with E-state index in [1.807, 2.05) is 0 Å². The van der Waals surface area contributed by atoms with E-state index in [2.05, 4.69) is 10.3 Å². The smallest absolute Gasteiger partial charge is 0.256 e. The van der Waals surface area contributed by atoms with Crippen LogP contribution in [0, 0.1) is 11.6 Å². The summed E-state index contributed by atoms with van der Waals surface area (Å²) in [6.07, 6.45) is 1.40. The zero-order chi connectivity index (χ0) is 13.8. The Bertz CT molecular complexity index is 600. The van der Waals surface area contributed by atoms with Gasteiger partial charge in [-0.25, -0.2) is 13.8 Å². The average molecular weight is 264 g/mol. The Kier molecular flexibility index (Phi) is 3.82. The molecule has 2 rings (SSSR count). The average Bonchev–Trinajstić information content (AvgIpc) is 2.42. The highest BCUT2D eigenvalue weighted by Crippen LogP contribution is 2.11. The minimum atomic E-state index is -1.09. The number of amides is 1. The van der Waals surface area contributed by atoms with Gasteiger partial charge in [0.1, 0.15) is 5.82 Å². The van der Waals surface area contributed by atoms with Crippen molar-refractivity contribution in [3.63, 3.8) is 0 Å². The van der Waals surface area contributed by atoms with Crippen LogP contribution in [0.15, 0.2) is 36.5 Å². The summed E-state index contributed by atoms with van der Waals surface area (Å²) in [7, 11) is 0. The van der Waals surface area contributed by atoms with Crippen molar-refractivity contribution in [1.29, 1.82) is 0 Å². The predicted octanol–water partition coefficient (Wildman–Crippen LogP) is 2.10. The summed E-state index contributed by atoms with van der Waals surface area (Å²) in [6.45, 7) is -0.148. The molecule has 1 heterocycles. The molecule has 19 heavy (non-hydrogen) atoms. The summed E-state index contributed by atoms with van der Waals surface area (Å²) in [5.74, 6) is -2.44. The third-order valence-electron chi connectivity index (χ3n) is 2.43. The number of nitrogens with one attached hydrogen (secondary N) is 1. The molecule has 1 amide bonds. The maximum atomic E-state index is 13.0. The molecule has 98 valence electrons. The van der Waals surface area contributed by atoms with Crippen molar-refractivity contribution in [1.82, 2.24) is 4.98 Å². The van der Waals surface area contributed by atoms with Crippen LogP contribution in [-0.4, -0.2) is 16.0 Å². The molecule has 2 aromatic rings. The Balaban J connectivity index is 2.13. The van der Waals surface area contributed by atoms with Gasteiger partial charge in [-0.3, -0.25) is 4.79 Å². The fraction of sp³-hybridized carbons (Fsp3) is 0.0769. The number of aromatic nitrogens is 1. The van der Waals surface area contributed by atoms with Crippen LogP contribution in [0.1, 0.15) is 15.9 Å². The van der Waals surface area contributed by atoms with E-state index in [9.17, 15) is 13.6 Å². The number of hydrogen-bond acceptors (Lipinski definition) is 3. The minimum Gasteiger partial charge on any atom is -0.392 e. The van der Waals surface area contributed by atoms with Gasteiger partial charge in [0.05, 0.1) is 6.61 Å². The number of carbonyl (C=O) groups excluding carboxylic acids is 1. The Labute approximate surface area is 107 Å². The number of halogens is 2. The van der Waals surface area contributed by atoms with Gasteiger partial charge < -0.3 is 10.4 Å². The molecule has 0 saturated heterocycles. The molecule has 0 bridgehead atoms. The van der Waals surface area contributed by atoms with Crippen LogP contribution < -0.4 is 5.32 Å². The molecule has 2 N–H and O–H groups in total. The van der Waals surface area contributed by atoms with Crippen molar-refractivity contribution in [3.05, 3.63) is 59.3 Å². The van der Waals surface area contributed by atoms with Gasteiger partial charge in [0.15, 0.2) is 11.6 Å². The lowest BCUT2D eigenvalue weighted by atomic mass is 10.2. The molecule has 0 atom stereocenters. The first kappa shape index (κ1) is 13.1. The maximum Gasteiger partial charge on any atom is 0.256 e. The molecule has 0 fully saturated rings.